The van der Waals surface area contributed by atoms with Crippen LogP contribution in [0.3, 0.4) is 0 Å². The van der Waals surface area contributed by atoms with Crippen LogP contribution >= 0.6 is 0 Å². The van der Waals surface area contributed by atoms with Gasteiger partial charge in [-0.3, -0.25) is 0 Å². The molecule has 0 saturated heterocycles. The highest BCUT2D eigenvalue weighted by Gasteiger charge is 2.28. The Morgan fingerprint density at radius 2 is 1.76 bits per heavy atom. The third-order valence-electron chi connectivity index (χ3n) is 4.77. The highest BCUT2D eigenvalue weighted by molar-refractivity contribution is 5.80. The quantitative estimate of drug-likeness (QED) is 0.827. The maximum absolute atomic E-state index is 13.0. The SMILES string of the molecule is NC1CCCC2=C1Cc1cc(-c3ccc(F)cc3)ccc12. The van der Waals surface area contributed by atoms with Gasteiger partial charge in [0.25, 0.3) is 0 Å². The Kier molecular flexibility index (Phi) is 2.93. The van der Waals surface area contributed by atoms with Crippen LogP contribution in [-0.4, -0.2) is 6.04 Å². The summed E-state index contributed by atoms with van der Waals surface area (Å²) in [4.78, 5) is 0. The summed E-state index contributed by atoms with van der Waals surface area (Å²) in [5.41, 5.74) is 14.2. The predicted octanol–water partition coefficient (Wildman–Crippen LogP) is 4.31. The molecule has 0 aromatic heterocycles. The van der Waals surface area contributed by atoms with Crippen molar-refractivity contribution in [3.63, 3.8) is 0 Å². The molecule has 2 aromatic carbocycles. The summed E-state index contributed by atoms with van der Waals surface area (Å²) in [5.74, 6) is -0.192. The van der Waals surface area contributed by atoms with Crippen LogP contribution in [-0.2, 0) is 6.42 Å². The number of halogens is 1. The van der Waals surface area contributed by atoms with E-state index in [1.54, 1.807) is 0 Å². The fraction of sp³-hybridized carbons (Fsp3) is 0.263. The van der Waals surface area contributed by atoms with Crippen LogP contribution in [0, 0.1) is 5.82 Å². The predicted molar refractivity (Wildman–Crippen MR) is 84.3 cm³/mol. The number of benzene rings is 2. The summed E-state index contributed by atoms with van der Waals surface area (Å²) in [6.07, 6.45) is 4.45. The largest absolute Gasteiger partial charge is 0.324 e. The molecule has 0 amide bonds. The molecule has 0 heterocycles. The van der Waals surface area contributed by atoms with E-state index in [-0.39, 0.29) is 11.9 Å². The van der Waals surface area contributed by atoms with Crippen LogP contribution in [0.4, 0.5) is 4.39 Å². The standard InChI is InChI=1S/C19H18FN/c20-15-7-4-12(5-8-15)13-6-9-16-14(10-13)11-18-17(16)2-1-3-19(18)21/h4-10,19H,1-3,11,21H2. The Morgan fingerprint density at radius 1 is 1.00 bits per heavy atom. The number of nitrogens with two attached hydrogens (primary N) is 1. The average Bonchev–Trinajstić information content (AvgIpc) is 2.87. The molecule has 2 heteroatoms. The van der Waals surface area contributed by atoms with Gasteiger partial charge in [0.05, 0.1) is 0 Å². The third kappa shape index (κ3) is 2.11. The summed E-state index contributed by atoms with van der Waals surface area (Å²) in [7, 11) is 0. The summed E-state index contributed by atoms with van der Waals surface area (Å²) < 4.78 is 13.0. The van der Waals surface area contributed by atoms with E-state index in [2.05, 4.69) is 18.2 Å². The molecule has 0 bridgehead atoms. The van der Waals surface area contributed by atoms with Gasteiger partial charge in [-0.2, -0.15) is 0 Å². The van der Waals surface area contributed by atoms with Crippen molar-refractivity contribution in [2.24, 2.45) is 5.73 Å². The van der Waals surface area contributed by atoms with Gasteiger partial charge in [0.2, 0.25) is 0 Å². The first kappa shape index (κ1) is 12.8. The highest BCUT2D eigenvalue weighted by atomic mass is 19.1. The minimum absolute atomic E-state index is 0.192. The van der Waals surface area contributed by atoms with Crippen molar-refractivity contribution in [3.8, 4) is 11.1 Å². The molecule has 0 radical (unpaired) electrons. The van der Waals surface area contributed by atoms with Gasteiger partial charge in [-0.15, -0.1) is 0 Å². The molecule has 1 nitrogen and oxygen atoms in total. The van der Waals surface area contributed by atoms with Crippen LogP contribution in [0.15, 0.2) is 48.0 Å². The van der Waals surface area contributed by atoms with E-state index >= 15 is 0 Å². The van der Waals surface area contributed by atoms with Crippen molar-refractivity contribution in [1.82, 2.24) is 0 Å². The molecule has 0 fully saturated rings. The van der Waals surface area contributed by atoms with Crippen LogP contribution < -0.4 is 5.73 Å². The van der Waals surface area contributed by atoms with Gasteiger partial charge in [0.1, 0.15) is 5.82 Å². The molecule has 21 heavy (non-hydrogen) atoms. The lowest BCUT2D eigenvalue weighted by atomic mass is 9.88. The molecule has 1 atom stereocenters. The summed E-state index contributed by atoms with van der Waals surface area (Å²) in [5, 5.41) is 0. The highest BCUT2D eigenvalue weighted by Crippen LogP contribution is 2.42. The lowest BCUT2D eigenvalue weighted by Gasteiger charge is -2.21. The zero-order valence-corrected chi connectivity index (χ0v) is 11.9. The van der Waals surface area contributed by atoms with Crippen LogP contribution in [0.5, 0.6) is 0 Å². The maximum Gasteiger partial charge on any atom is 0.123 e. The molecule has 4 rings (SSSR count). The van der Waals surface area contributed by atoms with E-state index in [0.717, 1.165) is 30.4 Å². The second-order valence-corrected chi connectivity index (χ2v) is 6.06. The first-order valence-corrected chi connectivity index (χ1v) is 7.59. The minimum atomic E-state index is -0.192. The summed E-state index contributed by atoms with van der Waals surface area (Å²) >= 11 is 0. The Labute approximate surface area is 124 Å². The van der Waals surface area contributed by atoms with Crippen LogP contribution in [0.1, 0.15) is 30.4 Å². The molecule has 2 aliphatic carbocycles. The van der Waals surface area contributed by atoms with Crippen molar-refractivity contribution in [3.05, 3.63) is 65.0 Å². The summed E-state index contributed by atoms with van der Waals surface area (Å²) in [6, 6.07) is 13.5. The number of rotatable bonds is 1. The fourth-order valence-electron chi connectivity index (χ4n) is 3.66. The fourth-order valence-corrected chi connectivity index (χ4v) is 3.66. The zero-order chi connectivity index (χ0) is 14.4. The third-order valence-corrected chi connectivity index (χ3v) is 4.77. The van der Waals surface area contributed by atoms with Gasteiger partial charge < -0.3 is 5.73 Å². The summed E-state index contributed by atoms with van der Waals surface area (Å²) in [6.45, 7) is 0. The van der Waals surface area contributed by atoms with E-state index in [4.69, 9.17) is 5.73 Å². The van der Waals surface area contributed by atoms with E-state index in [1.807, 2.05) is 12.1 Å². The molecular weight excluding hydrogens is 261 g/mol. The van der Waals surface area contributed by atoms with E-state index in [9.17, 15) is 4.39 Å². The molecule has 0 saturated carbocycles. The van der Waals surface area contributed by atoms with Gasteiger partial charge in [0.15, 0.2) is 0 Å². The van der Waals surface area contributed by atoms with E-state index < -0.39 is 0 Å². The second-order valence-electron chi connectivity index (χ2n) is 6.06. The second kappa shape index (κ2) is 4.81. The lowest BCUT2D eigenvalue weighted by Crippen LogP contribution is -2.25. The smallest absolute Gasteiger partial charge is 0.123 e. The molecular formula is C19H18FN. The molecule has 2 N–H and O–H groups in total. The molecule has 2 aliphatic rings. The van der Waals surface area contributed by atoms with Crippen molar-refractivity contribution < 1.29 is 4.39 Å². The Balaban J connectivity index is 1.73. The molecule has 0 aliphatic heterocycles. The first-order chi connectivity index (χ1) is 10.2. The van der Waals surface area contributed by atoms with Crippen molar-refractivity contribution >= 4 is 5.57 Å². The average molecular weight is 279 g/mol. The monoisotopic (exact) mass is 279 g/mol. The normalized spacial score (nSPS) is 20.4. The molecule has 2 aromatic rings. The van der Waals surface area contributed by atoms with E-state index in [1.165, 1.54) is 40.8 Å². The minimum Gasteiger partial charge on any atom is -0.324 e. The Bertz CT molecular complexity index is 728. The maximum atomic E-state index is 13.0. The first-order valence-electron chi connectivity index (χ1n) is 7.59. The number of hydrogen-bond donors (Lipinski definition) is 1. The molecule has 0 spiro atoms. The van der Waals surface area contributed by atoms with Gasteiger partial charge in [0, 0.05) is 6.04 Å². The van der Waals surface area contributed by atoms with Crippen molar-refractivity contribution in [2.75, 3.05) is 0 Å². The molecule has 1 unspecified atom stereocenters. The Hall–Kier alpha value is -1.93. The number of hydrogen-bond acceptors (Lipinski definition) is 1. The number of fused-ring (bicyclic) bond motifs is 2. The lowest BCUT2D eigenvalue weighted by molar-refractivity contribution is 0.620. The van der Waals surface area contributed by atoms with Crippen LogP contribution in [0.2, 0.25) is 0 Å². The Morgan fingerprint density at radius 3 is 2.57 bits per heavy atom. The van der Waals surface area contributed by atoms with Gasteiger partial charge in [-0.25, -0.2) is 4.39 Å². The number of allylic oxidation sites excluding steroid dienone is 1. The zero-order valence-electron chi connectivity index (χ0n) is 11.9. The van der Waals surface area contributed by atoms with Crippen LogP contribution in [0.25, 0.3) is 16.7 Å². The topological polar surface area (TPSA) is 26.0 Å². The van der Waals surface area contributed by atoms with Crippen molar-refractivity contribution in [2.45, 2.75) is 31.7 Å². The van der Waals surface area contributed by atoms with E-state index in [0.29, 0.717) is 0 Å². The van der Waals surface area contributed by atoms with Gasteiger partial charge in [-0.05, 0) is 71.2 Å². The van der Waals surface area contributed by atoms with Gasteiger partial charge in [-0.1, -0.05) is 30.3 Å². The van der Waals surface area contributed by atoms with Crippen molar-refractivity contribution in [1.29, 1.82) is 0 Å². The van der Waals surface area contributed by atoms with Gasteiger partial charge >= 0.3 is 0 Å². The molecule has 106 valence electrons.